The third-order valence-corrected chi connectivity index (χ3v) is 5.29. The molecule has 0 unspecified atom stereocenters. The predicted molar refractivity (Wildman–Crippen MR) is 89.6 cm³/mol. The van der Waals surface area contributed by atoms with E-state index in [4.69, 9.17) is 16.1 Å². The Hall–Kier alpha value is -1.93. The normalized spacial score (nSPS) is 15.2. The van der Waals surface area contributed by atoms with E-state index in [1.165, 1.54) is 24.6 Å². The van der Waals surface area contributed by atoms with Gasteiger partial charge in [-0.15, -0.1) is 5.10 Å². The summed E-state index contributed by atoms with van der Waals surface area (Å²) in [6, 6.07) is 7.81. The summed E-state index contributed by atoms with van der Waals surface area (Å²) in [7, 11) is 0. The molecule has 1 aromatic carbocycles. The summed E-state index contributed by atoms with van der Waals surface area (Å²) in [6.07, 6.45) is 4.75. The van der Waals surface area contributed by atoms with Crippen molar-refractivity contribution in [2.24, 2.45) is 0 Å². The number of hydrogen-bond acceptors (Lipinski definition) is 7. The number of hydrogen-bond donors (Lipinski definition) is 0. The topological polar surface area (TPSA) is 82.5 Å². The Morgan fingerprint density at radius 3 is 2.92 bits per heavy atom. The molecular weight excluding hydrogens is 348 g/mol. The monoisotopic (exact) mass is 362 g/mol. The highest BCUT2D eigenvalue weighted by atomic mass is 35.5. The van der Waals surface area contributed by atoms with Crippen molar-refractivity contribution in [2.45, 2.75) is 42.6 Å². The molecule has 0 bridgehead atoms. The van der Waals surface area contributed by atoms with E-state index in [0.717, 1.165) is 23.6 Å². The quantitative estimate of drug-likeness (QED) is 0.638. The average Bonchev–Trinajstić information content (AvgIpc) is 3.34. The van der Waals surface area contributed by atoms with Gasteiger partial charge < -0.3 is 4.52 Å². The zero-order valence-electron chi connectivity index (χ0n) is 12.8. The SMILES string of the molecule is Clc1ccccc1-c1nc(CSc2nnnn2C2CCCC2)no1. The minimum absolute atomic E-state index is 0.409. The highest BCUT2D eigenvalue weighted by Gasteiger charge is 2.22. The standard InChI is InChI=1S/C15H15ClN6OS/c16-12-8-4-3-7-11(12)14-17-13(19-23-14)9-24-15-18-20-21-22(15)10-5-1-2-6-10/h3-4,7-8,10H,1-2,5-6,9H2. The minimum atomic E-state index is 0.409. The van der Waals surface area contributed by atoms with Crippen molar-refractivity contribution in [3.63, 3.8) is 0 Å². The van der Waals surface area contributed by atoms with Crippen LogP contribution in [-0.4, -0.2) is 30.3 Å². The molecule has 1 fully saturated rings. The summed E-state index contributed by atoms with van der Waals surface area (Å²) in [5, 5.41) is 17.4. The lowest BCUT2D eigenvalue weighted by Gasteiger charge is -2.09. The molecule has 2 heterocycles. The fourth-order valence-electron chi connectivity index (χ4n) is 2.84. The Kier molecular flexibility index (Phi) is 4.48. The zero-order chi connectivity index (χ0) is 16.4. The van der Waals surface area contributed by atoms with Gasteiger partial charge in [0.05, 0.1) is 22.4 Å². The molecule has 0 N–H and O–H groups in total. The number of thioether (sulfide) groups is 1. The Labute approximate surface area is 147 Å². The first-order chi connectivity index (χ1) is 11.8. The second-order valence-electron chi connectivity index (χ2n) is 5.63. The first kappa shape index (κ1) is 15.6. The van der Waals surface area contributed by atoms with Crippen molar-refractivity contribution < 1.29 is 4.52 Å². The molecule has 4 rings (SSSR count). The van der Waals surface area contributed by atoms with E-state index >= 15 is 0 Å². The van der Waals surface area contributed by atoms with E-state index in [9.17, 15) is 0 Å². The van der Waals surface area contributed by atoms with Crippen LogP contribution in [0.3, 0.4) is 0 Å². The van der Waals surface area contributed by atoms with Crippen molar-refractivity contribution in [3.8, 4) is 11.5 Å². The Morgan fingerprint density at radius 1 is 1.25 bits per heavy atom. The van der Waals surface area contributed by atoms with Crippen LogP contribution in [0.25, 0.3) is 11.5 Å². The van der Waals surface area contributed by atoms with Crippen LogP contribution in [0, 0.1) is 0 Å². The van der Waals surface area contributed by atoms with Crippen LogP contribution in [0.1, 0.15) is 37.5 Å². The van der Waals surface area contributed by atoms with Crippen LogP contribution in [0.4, 0.5) is 0 Å². The van der Waals surface area contributed by atoms with E-state index in [1.54, 1.807) is 6.07 Å². The molecule has 0 aliphatic heterocycles. The Morgan fingerprint density at radius 2 is 2.08 bits per heavy atom. The van der Waals surface area contributed by atoms with Crippen LogP contribution >= 0.6 is 23.4 Å². The number of nitrogens with zero attached hydrogens (tertiary/aromatic N) is 6. The van der Waals surface area contributed by atoms with Crippen LogP contribution in [0.2, 0.25) is 5.02 Å². The lowest BCUT2D eigenvalue weighted by molar-refractivity contribution is 0.421. The molecule has 0 amide bonds. The maximum atomic E-state index is 6.16. The zero-order valence-corrected chi connectivity index (χ0v) is 14.4. The molecule has 9 heteroatoms. The molecule has 124 valence electrons. The van der Waals surface area contributed by atoms with Gasteiger partial charge in [-0.2, -0.15) is 4.98 Å². The van der Waals surface area contributed by atoms with Crippen molar-refractivity contribution >= 4 is 23.4 Å². The Bertz CT molecular complexity index is 829. The average molecular weight is 363 g/mol. The molecular formula is C15H15ClN6OS. The van der Waals surface area contributed by atoms with Gasteiger partial charge in [-0.3, -0.25) is 0 Å². The summed E-state index contributed by atoms with van der Waals surface area (Å²) in [6.45, 7) is 0. The van der Waals surface area contributed by atoms with Gasteiger partial charge in [0.25, 0.3) is 5.89 Å². The minimum Gasteiger partial charge on any atom is -0.334 e. The molecule has 2 aromatic heterocycles. The van der Waals surface area contributed by atoms with Gasteiger partial charge >= 0.3 is 0 Å². The fourth-order valence-corrected chi connectivity index (χ4v) is 3.85. The van der Waals surface area contributed by atoms with Gasteiger partial charge in [-0.05, 0) is 35.4 Å². The third-order valence-electron chi connectivity index (χ3n) is 4.04. The first-order valence-corrected chi connectivity index (χ1v) is 9.16. The fraction of sp³-hybridized carbons (Fsp3) is 0.400. The van der Waals surface area contributed by atoms with Crippen molar-refractivity contribution in [3.05, 3.63) is 35.1 Å². The number of rotatable bonds is 5. The van der Waals surface area contributed by atoms with Crippen LogP contribution in [0.5, 0.6) is 0 Å². The summed E-state index contributed by atoms with van der Waals surface area (Å²) < 4.78 is 7.24. The molecule has 24 heavy (non-hydrogen) atoms. The largest absolute Gasteiger partial charge is 0.334 e. The van der Waals surface area contributed by atoms with Gasteiger partial charge in [0.2, 0.25) is 5.16 Å². The number of aromatic nitrogens is 6. The molecule has 0 atom stereocenters. The highest BCUT2D eigenvalue weighted by Crippen LogP contribution is 2.32. The summed E-state index contributed by atoms with van der Waals surface area (Å²) >= 11 is 7.67. The van der Waals surface area contributed by atoms with Crippen LogP contribution in [-0.2, 0) is 5.75 Å². The molecule has 1 aliphatic rings. The van der Waals surface area contributed by atoms with Crippen molar-refractivity contribution in [1.82, 2.24) is 30.3 Å². The first-order valence-electron chi connectivity index (χ1n) is 7.79. The summed E-state index contributed by atoms with van der Waals surface area (Å²) in [4.78, 5) is 4.41. The molecule has 1 saturated carbocycles. The predicted octanol–water partition coefficient (Wildman–Crippen LogP) is 3.78. The molecule has 0 saturated heterocycles. The van der Waals surface area contributed by atoms with Gasteiger partial charge in [0.1, 0.15) is 0 Å². The van der Waals surface area contributed by atoms with E-state index in [-0.39, 0.29) is 0 Å². The third kappa shape index (κ3) is 3.16. The van der Waals surface area contributed by atoms with E-state index in [0.29, 0.717) is 28.5 Å². The maximum Gasteiger partial charge on any atom is 0.259 e. The molecule has 0 radical (unpaired) electrons. The van der Waals surface area contributed by atoms with Gasteiger partial charge in [0, 0.05) is 0 Å². The van der Waals surface area contributed by atoms with E-state index in [1.807, 2.05) is 22.9 Å². The lowest BCUT2D eigenvalue weighted by atomic mass is 10.2. The lowest BCUT2D eigenvalue weighted by Crippen LogP contribution is -2.08. The van der Waals surface area contributed by atoms with Crippen LogP contribution < -0.4 is 0 Å². The second-order valence-corrected chi connectivity index (χ2v) is 6.98. The molecule has 3 aromatic rings. The molecule has 0 spiro atoms. The second kappa shape index (κ2) is 6.90. The van der Waals surface area contributed by atoms with Crippen molar-refractivity contribution in [2.75, 3.05) is 0 Å². The number of halogens is 1. The van der Waals surface area contributed by atoms with Crippen molar-refractivity contribution in [1.29, 1.82) is 0 Å². The number of benzene rings is 1. The summed E-state index contributed by atoms with van der Waals surface area (Å²) in [5.74, 6) is 1.56. The maximum absolute atomic E-state index is 6.16. The van der Waals surface area contributed by atoms with Gasteiger partial charge in [-0.25, -0.2) is 4.68 Å². The number of tetrazole rings is 1. The molecule has 1 aliphatic carbocycles. The molecule has 7 nitrogen and oxygen atoms in total. The van der Waals surface area contributed by atoms with Gasteiger partial charge in [0.15, 0.2) is 5.82 Å². The van der Waals surface area contributed by atoms with Gasteiger partial charge in [-0.1, -0.05) is 53.5 Å². The smallest absolute Gasteiger partial charge is 0.259 e. The van der Waals surface area contributed by atoms with Crippen LogP contribution in [0.15, 0.2) is 33.9 Å². The summed E-state index contributed by atoms with van der Waals surface area (Å²) in [5.41, 5.74) is 0.735. The van der Waals surface area contributed by atoms with E-state index < -0.39 is 0 Å². The van der Waals surface area contributed by atoms with E-state index in [2.05, 4.69) is 25.7 Å². The highest BCUT2D eigenvalue weighted by molar-refractivity contribution is 7.98. The Balaban J connectivity index is 1.46.